The van der Waals surface area contributed by atoms with E-state index in [0.717, 1.165) is 11.1 Å². The molecule has 0 radical (unpaired) electrons. The third-order valence-corrected chi connectivity index (χ3v) is 1.99. The first kappa shape index (κ1) is 10.7. The van der Waals surface area contributed by atoms with Crippen molar-refractivity contribution in [2.24, 2.45) is 0 Å². The van der Waals surface area contributed by atoms with Crippen LogP contribution in [0, 0.1) is 11.3 Å². The lowest BCUT2D eigenvalue weighted by atomic mass is 10.0. The molecule has 0 fully saturated rings. The van der Waals surface area contributed by atoms with Gasteiger partial charge >= 0.3 is 0 Å². The first-order valence-corrected chi connectivity index (χ1v) is 4.32. The Bertz CT molecular complexity index is 330. The van der Waals surface area contributed by atoms with E-state index in [9.17, 15) is 0 Å². The lowest BCUT2D eigenvalue weighted by molar-refractivity contribution is 0.141. The highest BCUT2D eigenvalue weighted by Crippen LogP contribution is 2.20. The number of hydrogen-bond donors (Lipinski definition) is 0. The van der Waals surface area contributed by atoms with Gasteiger partial charge in [-0.05, 0) is 5.56 Å². The molecular formula is C11H13NO2. The SMILES string of the molecule is COCc1ccccc1C(C#N)OC. The Morgan fingerprint density at radius 2 is 2.07 bits per heavy atom. The van der Waals surface area contributed by atoms with E-state index in [1.165, 1.54) is 7.11 Å². The smallest absolute Gasteiger partial charge is 0.169 e. The summed E-state index contributed by atoms with van der Waals surface area (Å²) >= 11 is 0. The van der Waals surface area contributed by atoms with Crippen LogP contribution in [0.1, 0.15) is 17.2 Å². The summed E-state index contributed by atoms with van der Waals surface area (Å²) < 4.78 is 10.1. The molecule has 0 aliphatic carbocycles. The zero-order valence-electron chi connectivity index (χ0n) is 8.36. The highest BCUT2D eigenvalue weighted by atomic mass is 16.5. The van der Waals surface area contributed by atoms with E-state index in [-0.39, 0.29) is 0 Å². The van der Waals surface area contributed by atoms with E-state index >= 15 is 0 Å². The number of nitriles is 1. The van der Waals surface area contributed by atoms with Gasteiger partial charge in [0.25, 0.3) is 0 Å². The molecule has 1 rings (SSSR count). The Balaban J connectivity index is 3.00. The van der Waals surface area contributed by atoms with Gasteiger partial charge in [0.05, 0.1) is 12.7 Å². The van der Waals surface area contributed by atoms with Crippen molar-refractivity contribution in [2.75, 3.05) is 14.2 Å². The third-order valence-electron chi connectivity index (χ3n) is 1.99. The maximum absolute atomic E-state index is 8.86. The predicted octanol–water partition coefficient (Wildman–Crippen LogP) is 2.04. The molecule has 0 spiro atoms. The quantitative estimate of drug-likeness (QED) is 0.731. The number of methoxy groups -OCH3 is 2. The van der Waals surface area contributed by atoms with Crippen LogP contribution in [0.3, 0.4) is 0 Å². The molecule has 1 aromatic carbocycles. The van der Waals surface area contributed by atoms with Crippen molar-refractivity contribution in [3.63, 3.8) is 0 Å². The van der Waals surface area contributed by atoms with Crippen LogP contribution in [0.5, 0.6) is 0 Å². The molecule has 0 N–H and O–H groups in total. The molecule has 0 bridgehead atoms. The van der Waals surface area contributed by atoms with Crippen LogP contribution in [0.25, 0.3) is 0 Å². The minimum atomic E-state index is -0.513. The van der Waals surface area contributed by atoms with Gasteiger partial charge in [0.2, 0.25) is 0 Å². The highest BCUT2D eigenvalue weighted by Gasteiger charge is 2.12. The van der Waals surface area contributed by atoms with Crippen LogP contribution < -0.4 is 0 Å². The molecule has 0 aliphatic rings. The fourth-order valence-corrected chi connectivity index (χ4v) is 1.33. The number of benzene rings is 1. The van der Waals surface area contributed by atoms with Crippen molar-refractivity contribution in [3.05, 3.63) is 35.4 Å². The van der Waals surface area contributed by atoms with E-state index in [1.807, 2.05) is 24.3 Å². The van der Waals surface area contributed by atoms with Crippen molar-refractivity contribution < 1.29 is 9.47 Å². The van der Waals surface area contributed by atoms with Crippen molar-refractivity contribution >= 4 is 0 Å². The zero-order chi connectivity index (χ0) is 10.4. The van der Waals surface area contributed by atoms with Crippen molar-refractivity contribution in [1.29, 1.82) is 5.26 Å². The van der Waals surface area contributed by atoms with Gasteiger partial charge in [-0.25, -0.2) is 0 Å². The van der Waals surface area contributed by atoms with Gasteiger partial charge in [0.15, 0.2) is 6.10 Å². The molecule has 1 unspecified atom stereocenters. The fraction of sp³-hybridized carbons (Fsp3) is 0.364. The van der Waals surface area contributed by atoms with Gasteiger partial charge in [-0.1, -0.05) is 24.3 Å². The third kappa shape index (κ3) is 2.32. The Morgan fingerprint density at radius 1 is 1.36 bits per heavy atom. The summed E-state index contributed by atoms with van der Waals surface area (Å²) in [5.74, 6) is 0. The fourth-order valence-electron chi connectivity index (χ4n) is 1.33. The van der Waals surface area contributed by atoms with Gasteiger partial charge < -0.3 is 9.47 Å². The van der Waals surface area contributed by atoms with Crippen LogP contribution in [0.2, 0.25) is 0 Å². The van der Waals surface area contributed by atoms with Crippen LogP contribution >= 0.6 is 0 Å². The van der Waals surface area contributed by atoms with Gasteiger partial charge in [0, 0.05) is 19.8 Å². The Labute approximate surface area is 83.9 Å². The minimum Gasteiger partial charge on any atom is -0.380 e. The highest BCUT2D eigenvalue weighted by molar-refractivity contribution is 5.31. The summed E-state index contributed by atoms with van der Waals surface area (Å²) in [4.78, 5) is 0. The zero-order valence-corrected chi connectivity index (χ0v) is 8.36. The average molecular weight is 191 g/mol. The summed E-state index contributed by atoms with van der Waals surface area (Å²) in [6.45, 7) is 0.498. The second kappa shape index (κ2) is 5.38. The second-order valence-electron chi connectivity index (χ2n) is 2.88. The normalized spacial score (nSPS) is 12.1. The Kier molecular flexibility index (Phi) is 4.11. The summed E-state index contributed by atoms with van der Waals surface area (Å²) in [6, 6.07) is 9.71. The van der Waals surface area contributed by atoms with Gasteiger partial charge in [-0.3, -0.25) is 0 Å². The van der Waals surface area contributed by atoms with E-state index < -0.39 is 6.10 Å². The van der Waals surface area contributed by atoms with Crippen LogP contribution in [0.4, 0.5) is 0 Å². The predicted molar refractivity (Wildman–Crippen MR) is 52.5 cm³/mol. The maximum Gasteiger partial charge on any atom is 0.169 e. The van der Waals surface area contributed by atoms with Crippen molar-refractivity contribution in [2.45, 2.75) is 12.7 Å². The number of nitrogens with zero attached hydrogens (tertiary/aromatic N) is 1. The van der Waals surface area contributed by atoms with Crippen molar-refractivity contribution in [3.8, 4) is 6.07 Å². The molecule has 1 atom stereocenters. The standard InChI is InChI=1S/C11H13NO2/c1-13-8-9-5-3-4-6-10(9)11(7-12)14-2/h3-6,11H,8H2,1-2H3. The minimum absolute atomic E-state index is 0.498. The molecule has 0 saturated carbocycles. The van der Waals surface area contributed by atoms with Gasteiger partial charge in [0.1, 0.15) is 0 Å². The topological polar surface area (TPSA) is 42.2 Å². The number of rotatable bonds is 4. The molecule has 0 saturated heterocycles. The molecule has 0 heterocycles. The first-order chi connectivity index (χ1) is 6.83. The molecule has 3 heteroatoms. The van der Waals surface area contributed by atoms with Crippen LogP contribution in [-0.2, 0) is 16.1 Å². The lowest BCUT2D eigenvalue weighted by Gasteiger charge is -2.12. The molecule has 0 amide bonds. The monoisotopic (exact) mass is 191 g/mol. The number of hydrogen-bond acceptors (Lipinski definition) is 3. The van der Waals surface area contributed by atoms with E-state index in [1.54, 1.807) is 7.11 Å². The largest absolute Gasteiger partial charge is 0.380 e. The Hall–Kier alpha value is -1.37. The van der Waals surface area contributed by atoms with E-state index in [4.69, 9.17) is 14.7 Å². The molecule has 74 valence electrons. The molecule has 0 aliphatic heterocycles. The van der Waals surface area contributed by atoms with E-state index in [0.29, 0.717) is 6.61 Å². The molecule has 14 heavy (non-hydrogen) atoms. The average Bonchev–Trinajstić information content (AvgIpc) is 2.23. The van der Waals surface area contributed by atoms with E-state index in [2.05, 4.69) is 6.07 Å². The summed E-state index contributed by atoms with van der Waals surface area (Å²) in [5, 5.41) is 8.86. The molecular weight excluding hydrogens is 178 g/mol. The molecule has 1 aromatic rings. The van der Waals surface area contributed by atoms with Gasteiger partial charge in [-0.15, -0.1) is 0 Å². The van der Waals surface area contributed by atoms with Crippen LogP contribution in [0.15, 0.2) is 24.3 Å². The van der Waals surface area contributed by atoms with Crippen molar-refractivity contribution in [1.82, 2.24) is 0 Å². The summed E-state index contributed by atoms with van der Waals surface area (Å²) in [7, 11) is 3.16. The van der Waals surface area contributed by atoms with Gasteiger partial charge in [-0.2, -0.15) is 5.26 Å². The number of ether oxygens (including phenoxy) is 2. The van der Waals surface area contributed by atoms with Crippen LogP contribution in [-0.4, -0.2) is 14.2 Å². The summed E-state index contributed by atoms with van der Waals surface area (Å²) in [5.41, 5.74) is 1.86. The first-order valence-electron chi connectivity index (χ1n) is 4.32. The lowest BCUT2D eigenvalue weighted by Crippen LogP contribution is -2.03. The molecule has 3 nitrogen and oxygen atoms in total. The Morgan fingerprint density at radius 3 is 2.64 bits per heavy atom. The summed E-state index contributed by atoms with van der Waals surface area (Å²) in [6.07, 6.45) is -0.513. The molecule has 0 aromatic heterocycles. The second-order valence-corrected chi connectivity index (χ2v) is 2.88. The maximum atomic E-state index is 8.86.